The molecule has 0 amide bonds. The summed E-state index contributed by atoms with van der Waals surface area (Å²) >= 11 is 0. The number of aliphatic hydroxyl groups excluding tert-OH is 15. The third-order valence-corrected chi connectivity index (χ3v) is 15.0. The van der Waals surface area contributed by atoms with Gasteiger partial charge in [0.1, 0.15) is 73.2 Å². The molecular weight excluding hydrogens is 856 g/mol. The molecule has 2 bridgehead atoms. The zero-order valence-electron chi connectivity index (χ0n) is 37.6. The zero-order chi connectivity index (χ0) is 48.7. The maximum Gasteiger partial charge on any atom is 0.314 e. The van der Waals surface area contributed by atoms with Gasteiger partial charge in [0.15, 0.2) is 12.6 Å². The molecule has 4 saturated carbocycles. The highest BCUT2D eigenvalue weighted by Crippen LogP contribution is 2.73. The molecule has 7 fully saturated rings. The van der Waals surface area contributed by atoms with E-state index < -0.39 is 129 Å². The Labute approximate surface area is 373 Å². The van der Waals surface area contributed by atoms with Crippen molar-refractivity contribution < 1.29 is 110 Å². The van der Waals surface area contributed by atoms with Crippen molar-refractivity contribution in [3.05, 3.63) is 12.2 Å². The van der Waals surface area contributed by atoms with Crippen LogP contribution in [0.25, 0.3) is 0 Å². The van der Waals surface area contributed by atoms with Crippen molar-refractivity contribution in [1.29, 1.82) is 0 Å². The van der Waals surface area contributed by atoms with Crippen LogP contribution in [0.15, 0.2) is 12.2 Å². The summed E-state index contributed by atoms with van der Waals surface area (Å²) in [4.78, 5) is 14.1. The van der Waals surface area contributed by atoms with Gasteiger partial charge in [-0.25, -0.2) is 0 Å². The van der Waals surface area contributed by atoms with Gasteiger partial charge in [-0.15, -0.1) is 0 Å². The Hall–Kier alpha value is -1.59. The highest BCUT2D eigenvalue weighted by Gasteiger charge is 2.69. The Morgan fingerprint density at radius 3 is 1.61 bits per heavy atom. The van der Waals surface area contributed by atoms with Gasteiger partial charge in [-0.05, 0) is 86.5 Å². The number of ether oxygens (including phenoxy) is 6. The Morgan fingerprint density at radius 1 is 0.609 bits per heavy atom. The fourth-order valence-corrected chi connectivity index (χ4v) is 12.0. The summed E-state index contributed by atoms with van der Waals surface area (Å²) in [5, 5.41) is 142. The van der Waals surface area contributed by atoms with Gasteiger partial charge in [0.2, 0.25) is 6.29 Å². The van der Waals surface area contributed by atoms with Crippen molar-refractivity contribution in [2.45, 2.75) is 169 Å². The molecule has 1 spiro atoms. The number of hydrogen-bond donors (Lipinski definition) is 15. The van der Waals surface area contributed by atoms with Crippen LogP contribution in [0.4, 0.5) is 0 Å². The Morgan fingerprint density at radius 2 is 1.08 bits per heavy atom. The van der Waals surface area contributed by atoms with E-state index in [-0.39, 0.29) is 22.7 Å². The second-order valence-corrected chi connectivity index (χ2v) is 18.0. The molecule has 0 unspecified atom stereocenters. The smallest absolute Gasteiger partial charge is 0.314 e. The molecule has 4 aliphatic carbocycles. The van der Waals surface area contributed by atoms with Crippen LogP contribution in [0, 0.1) is 28.1 Å². The van der Waals surface area contributed by atoms with E-state index in [1.165, 1.54) is 0 Å². The first-order valence-corrected chi connectivity index (χ1v) is 21.7. The lowest BCUT2D eigenvalue weighted by Gasteiger charge is -2.64. The average molecular weight is 933 g/mol. The number of hydrogen-bond acceptors (Lipinski definition) is 22. The van der Waals surface area contributed by atoms with Gasteiger partial charge < -0.3 is 105 Å². The molecule has 3 saturated heterocycles. The van der Waals surface area contributed by atoms with Crippen molar-refractivity contribution in [2.24, 2.45) is 28.1 Å². The molecule has 0 aromatic carbocycles. The Balaban J connectivity index is 0.00000129. The first-order chi connectivity index (χ1) is 30.4. The minimum atomic E-state index is -1.81. The molecular formula is C42H76O22. The standard InChI is InChI=1S/C38H60O18.4CH4O/c1-16-11-37-9-5-20-35(2,7-4-8-36(20,3)34(50)55-32-29(49)26(46)23(43)18(13-40)52-32)21(37)6-10-38(16,15-37)56-33-30(27(47)24(44)19(14-41)53-33)54-31-28(48)25(45)22(42)17(12-39)51-31;4*1-2/h17-33,39-49H,1,4-15H2,2-3H3;4*2H,1H3/t17-,18-,19-,20+,21+,22-,23-,24-,25+,26+,27+,28-,29-,30-,31+,32+,33+,35-,36-,37-,38+;;;;/m1..../s1. The van der Waals surface area contributed by atoms with Crippen molar-refractivity contribution >= 4 is 5.97 Å². The second kappa shape index (κ2) is 23.6. The first kappa shape index (κ1) is 56.7. The van der Waals surface area contributed by atoms with Gasteiger partial charge in [0.25, 0.3) is 0 Å². The third-order valence-electron chi connectivity index (χ3n) is 15.0. The third kappa shape index (κ3) is 10.2. The van der Waals surface area contributed by atoms with Crippen molar-refractivity contribution in [1.82, 2.24) is 0 Å². The minimum Gasteiger partial charge on any atom is -0.432 e. The zero-order valence-corrected chi connectivity index (χ0v) is 37.6. The molecule has 0 aromatic rings. The normalized spacial score (nSPS) is 48.1. The van der Waals surface area contributed by atoms with Gasteiger partial charge in [-0.2, -0.15) is 0 Å². The molecule has 7 rings (SSSR count). The SMILES string of the molecule is C=C1C[C@@]23CC[C@H]4[C@@](C)(CCC[C@@]4(C)C(=O)O[C@@H]4O[C@H](CO)[C@@H](O)[C@H](O)[C@H]4O)[C@@H]2CC[C@]1(O[C@@H]1O[C@H](CO)[C@@H](O)[C@H](O)[C@H]1O[C@@H]1O[C@H](CO)[C@@H](O)[C@H](O)[C@H]1O)C3.CO.CO.CO.CO. The molecule has 22 heteroatoms. The van der Waals surface area contributed by atoms with Gasteiger partial charge in [0, 0.05) is 28.4 Å². The summed E-state index contributed by atoms with van der Waals surface area (Å²) in [5.41, 5.74) is -1.80. The molecule has 0 radical (unpaired) electrons. The fourth-order valence-electron chi connectivity index (χ4n) is 12.0. The summed E-state index contributed by atoms with van der Waals surface area (Å²) in [7, 11) is 4.00. The second-order valence-electron chi connectivity index (χ2n) is 18.0. The van der Waals surface area contributed by atoms with E-state index in [1.807, 2.05) is 6.92 Å². The summed E-state index contributed by atoms with van der Waals surface area (Å²) in [6.07, 6.45) is -17.8. The predicted molar refractivity (Wildman–Crippen MR) is 219 cm³/mol. The van der Waals surface area contributed by atoms with Crippen LogP contribution in [-0.2, 0) is 33.2 Å². The van der Waals surface area contributed by atoms with Crippen LogP contribution in [0.3, 0.4) is 0 Å². The van der Waals surface area contributed by atoms with Crippen molar-refractivity contribution in [3.63, 3.8) is 0 Å². The molecule has 0 aromatic heterocycles. The van der Waals surface area contributed by atoms with E-state index in [0.717, 1.165) is 46.9 Å². The van der Waals surface area contributed by atoms with Gasteiger partial charge >= 0.3 is 5.97 Å². The largest absolute Gasteiger partial charge is 0.432 e. The van der Waals surface area contributed by atoms with Crippen LogP contribution in [0.1, 0.15) is 71.6 Å². The molecule has 3 heterocycles. The van der Waals surface area contributed by atoms with Crippen LogP contribution >= 0.6 is 0 Å². The number of rotatable bonds is 9. The average Bonchev–Trinajstić information content (AvgIpc) is 3.51. The number of carbonyl (C=O) groups excluding carboxylic acids is 1. The van der Waals surface area contributed by atoms with Crippen molar-refractivity contribution in [3.8, 4) is 0 Å². The van der Waals surface area contributed by atoms with E-state index in [2.05, 4.69) is 13.5 Å². The molecule has 21 atom stereocenters. The fraction of sp³-hybridized carbons (Fsp3) is 0.929. The van der Waals surface area contributed by atoms with E-state index in [1.54, 1.807) is 0 Å². The van der Waals surface area contributed by atoms with E-state index >= 15 is 0 Å². The lowest BCUT2D eigenvalue weighted by molar-refractivity contribution is -0.378. The predicted octanol–water partition coefficient (Wildman–Crippen LogP) is -4.50. The van der Waals surface area contributed by atoms with Gasteiger partial charge in [-0.1, -0.05) is 19.9 Å². The van der Waals surface area contributed by atoms with Gasteiger partial charge in [-0.3, -0.25) is 4.79 Å². The molecule has 64 heavy (non-hydrogen) atoms. The molecule has 22 nitrogen and oxygen atoms in total. The summed E-state index contributed by atoms with van der Waals surface area (Å²) in [6.45, 7) is 6.52. The summed E-state index contributed by atoms with van der Waals surface area (Å²) in [6, 6.07) is 0. The van der Waals surface area contributed by atoms with E-state index in [9.17, 15) is 61.0 Å². The quantitative estimate of drug-likeness (QED) is 0.0588. The highest BCUT2D eigenvalue weighted by atomic mass is 16.8. The number of esters is 1. The van der Waals surface area contributed by atoms with Crippen LogP contribution in [-0.4, -0.2) is 229 Å². The highest BCUT2D eigenvalue weighted by molar-refractivity contribution is 5.77. The van der Waals surface area contributed by atoms with Crippen LogP contribution < -0.4 is 0 Å². The van der Waals surface area contributed by atoms with Crippen LogP contribution in [0.5, 0.6) is 0 Å². The van der Waals surface area contributed by atoms with E-state index in [0.29, 0.717) is 44.9 Å². The topological polar surface area (TPSA) is 376 Å². The Kier molecular flexibility index (Phi) is 20.9. The van der Waals surface area contributed by atoms with Crippen molar-refractivity contribution in [2.75, 3.05) is 48.3 Å². The number of aliphatic hydroxyl groups is 15. The summed E-state index contributed by atoms with van der Waals surface area (Å²) < 4.78 is 35.6. The Bertz CT molecular complexity index is 1460. The maximum absolute atomic E-state index is 14.1. The minimum absolute atomic E-state index is 0.121. The monoisotopic (exact) mass is 932 g/mol. The van der Waals surface area contributed by atoms with E-state index in [4.69, 9.17) is 48.8 Å². The lowest BCUT2D eigenvalue weighted by atomic mass is 9.41. The van der Waals surface area contributed by atoms with Crippen LogP contribution in [0.2, 0.25) is 0 Å². The summed E-state index contributed by atoms with van der Waals surface area (Å²) in [5.74, 6) is -0.591. The molecule has 15 N–H and O–H groups in total. The number of fused-ring (bicyclic) bond motifs is 3. The lowest BCUT2D eigenvalue weighted by Crippen LogP contribution is -2.65. The maximum atomic E-state index is 14.1. The molecule has 3 aliphatic heterocycles. The number of carbonyl (C=O) groups is 1. The van der Waals surface area contributed by atoms with Gasteiger partial charge in [0.05, 0.1) is 30.8 Å². The molecule has 376 valence electrons. The first-order valence-electron chi connectivity index (χ1n) is 21.7. The molecule has 7 aliphatic rings.